The van der Waals surface area contributed by atoms with Crippen LogP contribution in [0.3, 0.4) is 0 Å². The summed E-state index contributed by atoms with van der Waals surface area (Å²) < 4.78 is 18.2. The van der Waals surface area contributed by atoms with Crippen LogP contribution in [0.25, 0.3) is 5.65 Å². The zero-order valence-corrected chi connectivity index (χ0v) is 17.9. The molecule has 2 fully saturated rings. The Morgan fingerprint density at radius 3 is 2.68 bits per heavy atom. The third-order valence-electron chi connectivity index (χ3n) is 5.57. The van der Waals surface area contributed by atoms with E-state index in [4.69, 9.17) is 19.3 Å². The highest BCUT2D eigenvalue weighted by molar-refractivity contribution is 5.84. The summed E-state index contributed by atoms with van der Waals surface area (Å²) in [6, 6.07) is 3.10. The van der Waals surface area contributed by atoms with Gasteiger partial charge in [0.25, 0.3) is 0 Å². The van der Waals surface area contributed by atoms with Gasteiger partial charge in [-0.15, -0.1) is 15.3 Å². The predicted octanol–water partition coefficient (Wildman–Crippen LogP) is 0.468. The second kappa shape index (κ2) is 9.15. The van der Waals surface area contributed by atoms with E-state index < -0.39 is 17.8 Å². The van der Waals surface area contributed by atoms with Gasteiger partial charge in [0.2, 0.25) is 5.91 Å². The van der Waals surface area contributed by atoms with Gasteiger partial charge in [0, 0.05) is 38.8 Å². The lowest BCUT2D eigenvalue weighted by Crippen LogP contribution is -2.45. The van der Waals surface area contributed by atoms with Gasteiger partial charge in [-0.1, -0.05) is 0 Å². The smallest absolute Gasteiger partial charge is 0.328 e. The Labute approximate surface area is 180 Å². The van der Waals surface area contributed by atoms with Gasteiger partial charge in [-0.05, 0) is 26.0 Å². The Morgan fingerprint density at radius 1 is 1.23 bits per heavy atom. The van der Waals surface area contributed by atoms with E-state index in [0.29, 0.717) is 31.1 Å². The average Bonchev–Trinajstić information content (AvgIpc) is 3.39. The standard InChI is InChI=1S/C20H28N6O5/c1-3-29-19(28)14(2)21-18(27)7-6-16-23-22-15-4-5-17(24-26(15)16)25-10-8-20(9-11-25)30-12-13-31-20/h4-5,14H,3,6-13H2,1-2H3,(H,21,27). The van der Waals surface area contributed by atoms with Gasteiger partial charge < -0.3 is 24.4 Å². The highest BCUT2D eigenvalue weighted by Crippen LogP contribution is 2.32. The van der Waals surface area contributed by atoms with Gasteiger partial charge in [0.05, 0.1) is 19.8 Å². The fourth-order valence-corrected chi connectivity index (χ4v) is 3.88. The molecule has 168 valence electrons. The van der Waals surface area contributed by atoms with Crippen LogP contribution in [-0.4, -0.2) is 76.4 Å². The molecule has 1 N–H and O–H groups in total. The molecule has 0 aromatic carbocycles. The van der Waals surface area contributed by atoms with E-state index in [9.17, 15) is 9.59 Å². The molecule has 0 saturated carbocycles. The van der Waals surface area contributed by atoms with Crippen molar-refractivity contribution in [1.82, 2.24) is 25.1 Å². The lowest BCUT2D eigenvalue weighted by atomic mass is 10.0. The number of esters is 1. The van der Waals surface area contributed by atoms with E-state index in [-0.39, 0.29) is 18.9 Å². The molecular weight excluding hydrogens is 404 g/mol. The van der Waals surface area contributed by atoms with E-state index in [0.717, 1.165) is 31.7 Å². The summed E-state index contributed by atoms with van der Waals surface area (Å²) in [5.74, 6) is 0.266. The van der Waals surface area contributed by atoms with Crippen LogP contribution in [0.4, 0.5) is 5.82 Å². The molecule has 4 heterocycles. The van der Waals surface area contributed by atoms with Crippen molar-refractivity contribution in [2.45, 2.75) is 51.4 Å². The minimum atomic E-state index is -0.692. The van der Waals surface area contributed by atoms with Crippen LogP contribution >= 0.6 is 0 Å². The molecule has 31 heavy (non-hydrogen) atoms. The fourth-order valence-electron chi connectivity index (χ4n) is 3.88. The van der Waals surface area contributed by atoms with Gasteiger partial charge in [-0.3, -0.25) is 4.79 Å². The van der Waals surface area contributed by atoms with E-state index in [1.165, 1.54) is 0 Å². The van der Waals surface area contributed by atoms with E-state index >= 15 is 0 Å². The number of nitrogens with one attached hydrogen (secondary N) is 1. The van der Waals surface area contributed by atoms with E-state index in [1.54, 1.807) is 18.4 Å². The number of hydrogen-bond acceptors (Lipinski definition) is 9. The number of aryl methyl sites for hydroxylation is 1. The number of amides is 1. The fraction of sp³-hybridized carbons (Fsp3) is 0.650. The lowest BCUT2D eigenvalue weighted by molar-refractivity contribution is -0.169. The molecule has 2 aromatic heterocycles. The molecule has 0 radical (unpaired) electrons. The van der Waals surface area contributed by atoms with Crippen molar-refractivity contribution < 1.29 is 23.8 Å². The number of carbonyl (C=O) groups excluding carboxylic acids is 2. The van der Waals surface area contributed by atoms with Crippen LogP contribution in [-0.2, 0) is 30.2 Å². The summed E-state index contributed by atoms with van der Waals surface area (Å²) in [6.45, 7) is 6.47. The normalized spacial score (nSPS) is 19.0. The maximum atomic E-state index is 12.2. The Balaban J connectivity index is 1.37. The topological polar surface area (TPSA) is 120 Å². The first-order valence-corrected chi connectivity index (χ1v) is 10.7. The van der Waals surface area contributed by atoms with Gasteiger partial charge in [0.1, 0.15) is 11.9 Å². The molecule has 0 aliphatic carbocycles. The van der Waals surface area contributed by atoms with Crippen molar-refractivity contribution in [3.63, 3.8) is 0 Å². The summed E-state index contributed by atoms with van der Waals surface area (Å²) in [4.78, 5) is 26.1. The maximum Gasteiger partial charge on any atom is 0.328 e. The van der Waals surface area contributed by atoms with Crippen molar-refractivity contribution in [3.8, 4) is 0 Å². The number of ether oxygens (including phenoxy) is 3. The van der Waals surface area contributed by atoms with Crippen LogP contribution in [0.1, 0.15) is 38.9 Å². The monoisotopic (exact) mass is 432 g/mol. The first-order chi connectivity index (χ1) is 15.0. The lowest BCUT2D eigenvalue weighted by Gasteiger charge is -2.38. The van der Waals surface area contributed by atoms with E-state index in [2.05, 4.69) is 20.4 Å². The van der Waals surface area contributed by atoms with Crippen LogP contribution < -0.4 is 10.2 Å². The SMILES string of the molecule is CCOC(=O)C(C)NC(=O)CCc1nnc2ccc(N3CCC4(CC3)OCCO4)nn12. The van der Waals surface area contributed by atoms with Crippen molar-refractivity contribution in [1.29, 1.82) is 0 Å². The second-order valence-corrected chi connectivity index (χ2v) is 7.71. The zero-order chi connectivity index (χ0) is 21.8. The number of aromatic nitrogens is 4. The summed E-state index contributed by atoms with van der Waals surface area (Å²) in [5.41, 5.74) is 0.620. The molecule has 2 aliphatic heterocycles. The minimum absolute atomic E-state index is 0.164. The number of anilines is 1. The van der Waals surface area contributed by atoms with Gasteiger partial charge in [0.15, 0.2) is 17.3 Å². The van der Waals surface area contributed by atoms with Crippen molar-refractivity contribution in [2.24, 2.45) is 0 Å². The second-order valence-electron chi connectivity index (χ2n) is 7.71. The summed E-state index contributed by atoms with van der Waals surface area (Å²) in [7, 11) is 0. The Hall–Kier alpha value is -2.79. The largest absolute Gasteiger partial charge is 0.464 e. The highest BCUT2D eigenvalue weighted by Gasteiger charge is 2.40. The Bertz CT molecular complexity index is 931. The molecule has 2 aliphatic rings. The van der Waals surface area contributed by atoms with E-state index in [1.807, 2.05) is 12.1 Å². The zero-order valence-electron chi connectivity index (χ0n) is 17.9. The quantitative estimate of drug-likeness (QED) is 0.622. The Kier molecular flexibility index (Phi) is 6.33. The summed E-state index contributed by atoms with van der Waals surface area (Å²) in [6.07, 6.45) is 2.10. The first-order valence-electron chi connectivity index (χ1n) is 10.7. The number of piperidine rings is 1. The number of nitrogens with zero attached hydrogens (tertiary/aromatic N) is 5. The third kappa shape index (κ3) is 4.77. The Morgan fingerprint density at radius 2 is 1.97 bits per heavy atom. The summed E-state index contributed by atoms with van der Waals surface area (Å²) >= 11 is 0. The van der Waals surface area contributed by atoms with Gasteiger partial charge >= 0.3 is 5.97 Å². The maximum absolute atomic E-state index is 12.2. The molecule has 11 heteroatoms. The van der Waals surface area contributed by atoms with Gasteiger partial charge in [-0.25, -0.2) is 4.79 Å². The van der Waals surface area contributed by atoms with Crippen LogP contribution in [0.2, 0.25) is 0 Å². The first kappa shape index (κ1) is 21.4. The molecule has 4 rings (SSSR count). The van der Waals surface area contributed by atoms with Crippen molar-refractivity contribution in [2.75, 3.05) is 37.8 Å². The molecule has 1 spiro atoms. The number of fused-ring (bicyclic) bond motifs is 1. The molecule has 2 aromatic rings. The van der Waals surface area contributed by atoms with Gasteiger partial charge in [-0.2, -0.15) is 4.52 Å². The molecule has 1 atom stereocenters. The van der Waals surface area contributed by atoms with Crippen LogP contribution in [0, 0.1) is 0 Å². The molecule has 1 unspecified atom stereocenters. The number of carbonyl (C=O) groups is 2. The molecule has 2 saturated heterocycles. The molecule has 0 bridgehead atoms. The number of rotatable bonds is 7. The predicted molar refractivity (Wildman–Crippen MR) is 109 cm³/mol. The molecule has 1 amide bonds. The van der Waals surface area contributed by atoms with Crippen molar-refractivity contribution in [3.05, 3.63) is 18.0 Å². The minimum Gasteiger partial charge on any atom is -0.464 e. The molecule has 11 nitrogen and oxygen atoms in total. The third-order valence-corrected chi connectivity index (χ3v) is 5.57. The number of hydrogen-bond donors (Lipinski definition) is 1. The van der Waals surface area contributed by atoms with Crippen molar-refractivity contribution >= 4 is 23.3 Å². The molecular formula is C20H28N6O5. The summed E-state index contributed by atoms with van der Waals surface area (Å²) in [5, 5.41) is 15.6. The van der Waals surface area contributed by atoms with Crippen LogP contribution in [0.15, 0.2) is 12.1 Å². The highest BCUT2D eigenvalue weighted by atomic mass is 16.7. The van der Waals surface area contributed by atoms with Crippen LogP contribution in [0.5, 0.6) is 0 Å². The average molecular weight is 432 g/mol.